The molecule has 0 aliphatic heterocycles. The van der Waals surface area contributed by atoms with Gasteiger partial charge in [0.25, 0.3) is 0 Å². The predicted molar refractivity (Wildman–Crippen MR) is 72.5 cm³/mol. The quantitative estimate of drug-likeness (QED) is 0.796. The fourth-order valence-corrected chi connectivity index (χ4v) is 1.78. The van der Waals surface area contributed by atoms with Gasteiger partial charge in [0.05, 0.1) is 5.69 Å². The zero-order valence-corrected chi connectivity index (χ0v) is 11.4. The molecule has 0 saturated carbocycles. The van der Waals surface area contributed by atoms with Gasteiger partial charge in [-0.05, 0) is 13.3 Å². The Balaban J connectivity index is 2.88. The normalized spacial score (nSPS) is 10.2. The van der Waals surface area contributed by atoms with Gasteiger partial charge in [-0.3, -0.25) is 4.79 Å². The van der Waals surface area contributed by atoms with E-state index in [1.165, 1.54) is 0 Å². The topological polar surface area (TPSA) is 84.1 Å². The van der Waals surface area contributed by atoms with E-state index >= 15 is 0 Å². The first kappa shape index (κ1) is 14.2. The number of nitrogens with zero attached hydrogens (tertiary/aromatic N) is 3. The van der Waals surface area contributed by atoms with Crippen LogP contribution in [0.5, 0.6) is 0 Å². The predicted octanol–water partition coefficient (Wildman–Crippen LogP) is 0.502. The zero-order chi connectivity index (χ0) is 13.7. The summed E-state index contributed by atoms with van der Waals surface area (Å²) in [5, 5.41) is 2.60. The van der Waals surface area contributed by atoms with Crippen molar-refractivity contribution < 1.29 is 4.79 Å². The van der Waals surface area contributed by atoms with Gasteiger partial charge in [0.2, 0.25) is 11.9 Å². The highest BCUT2D eigenvalue weighted by Crippen LogP contribution is 2.20. The number of carbonyl (C=O) groups excluding carboxylic acids is 1. The van der Waals surface area contributed by atoms with Crippen molar-refractivity contribution in [1.29, 1.82) is 0 Å². The Labute approximate surface area is 108 Å². The largest absolute Gasteiger partial charge is 0.368 e. The summed E-state index contributed by atoms with van der Waals surface area (Å²) in [5.41, 5.74) is 7.66. The number of nitrogens with two attached hydrogens (primary N) is 1. The Kier molecular flexibility index (Phi) is 4.88. The average Bonchev–Trinajstić information content (AvgIpc) is 2.37. The van der Waals surface area contributed by atoms with Gasteiger partial charge < -0.3 is 16.0 Å². The minimum Gasteiger partial charge on any atom is -0.368 e. The maximum absolute atomic E-state index is 11.2. The molecule has 0 aromatic carbocycles. The molecule has 1 rings (SSSR count). The van der Waals surface area contributed by atoms with Crippen LogP contribution in [0.4, 0.5) is 11.8 Å². The molecule has 0 unspecified atom stereocenters. The van der Waals surface area contributed by atoms with Crippen LogP contribution >= 0.6 is 0 Å². The number of anilines is 2. The van der Waals surface area contributed by atoms with Crippen LogP contribution in [0.15, 0.2) is 0 Å². The molecule has 6 heteroatoms. The number of nitrogen functional groups attached to an aromatic ring is 1. The van der Waals surface area contributed by atoms with Crippen LogP contribution < -0.4 is 16.0 Å². The summed E-state index contributed by atoms with van der Waals surface area (Å²) in [4.78, 5) is 21.6. The molecule has 6 nitrogen and oxygen atoms in total. The van der Waals surface area contributed by atoms with Gasteiger partial charge in [0, 0.05) is 32.6 Å². The molecule has 1 amide bonds. The summed E-state index contributed by atoms with van der Waals surface area (Å²) in [6.45, 7) is 4.60. The molecule has 0 spiro atoms. The van der Waals surface area contributed by atoms with E-state index in [1.54, 1.807) is 7.05 Å². The lowest BCUT2D eigenvalue weighted by molar-refractivity contribution is -0.120. The number of carbonyl (C=O) groups is 1. The minimum atomic E-state index is 0.0113. The van der Waals surface area contributed by atoms with Gasteiger partial charge in [-0.1, -0.05) is 6.92 Å². The van der Waals surface area contributed by atoms with Crippen molar-refractivity contribution in [2.24, 2.45) is 0 Å². The summed E-state index contributed by atoms with van der Waals surface area (Å²) in [6, 6.07) is 0. The molecular formula is C12H21N5O. The maximum Gasteiger partial charge on any atom is 0.222 e. The number of hydrogen-bond donors (Lipinski definition) is 2. The number of hydrogen-bond acceptors (Lipinski definition) is 5. The average molecular weight is 251 g/mol. The maximum atomic E-state index is 11.2. The number of amides is 1. The SMILES string of the molecule is CCc1nc(N)nc(N(C)CCC(=O)NC)c1C. The van der Waals surface area contributed by atoms with E-state index in [9.17, 15) is 4.79 Å². The van der Waals surface area contributed by atoms with Crippen molar-refractivity contribution >= 4 is 17.7 Å². The van der Waals surface area contributed by atoms with E-state index in [2.05, 4.69) is 15.3 Å². The third-order valence-electron chi connectivity index (χ3n) is 2.89. The fraction of sp³-hybridized carbons (Fsp3) is 0.583. The van der Waals surface area contributed by atoms with Crippen LogP contribution in [0.1, 0.15) is 24.6 Å². The molecule has 0 fully saturated rings. The highest BCUT2D eigenvalue weighted by atomic mass is 16.1. The molecule has 0 bridgehead atoms. The van der Waals surface area contributed by atoms with Crippen molar-refractivity contribution in [2.75, 3.05) is 31.3 Å². The van der Waals surface area contributed by atoms with E-state index < -0.39 is 0 Å². The number of aryl methyl sites for hydroxylation is 1. The molecule has 0 saturated heterocycles. The molecular weight excluding hydrogens is 230 g/mol. The molecule has 1 aromatic heterocycles. The number of nitrogens with one attached hydrogen (secondary N) is 1. The van der Waals surface area contributed by atoms with E-state index in [1.807, 2.05) is 25.8 Å². The molecule has 3 N–H and O–H groups in total. The first-order valence-electron chi connectivity index (χ1n) is 6.04. The Hall–Kier alpha value is -1.85. The van der Waals surface area contributed by atoms with E-state index in [0.717, 1.165) is 23.5 Å². The van der Waals surface area contributed by atoms with Crippen molar-refractivity contribution in [1.82, 2.24) is 15.3 Å². The number of aromatic nitrogens is 2. The van der Waals surface area contributed by atoms with Crippen LogP contribution in [0, 0.1) is 6.92 Å². The van der Waals surface area contributed by atoms with Crippen LogP contribution in [-0.4, -0.2) is 36.5 Å². The second kappa shape index (κ2) is 6.18. The van der Waals surface area contributed by atoms with Gasteiger partial charge in [-0.2, -0.15) is 4.98 Å². The summed E-state index contributed by atoms with van der Waals surface area (Å²) in [6.07, 6.45) is 1.24. The highest BCUT2D eigenvalue weighted by molar-refractivity contribution is 5.76. The molecule has 1 heterocycles. The molecule has 0 aliphatic carbocycles. The van der Waals surface area contributed by atoms with Gasteiger partial charge in [0.1, 0.15) is 5.82 Å². The smallest absolute Gasteiger partial charge is 0.222 e. The molecule has 1 aromatic rings. The molecule has 100 valence electrons. The summed E-state index contributed by atoms with van der Waals surface area (Å²) >= 11 is 0. The zero-order valence-electron chi connectivity index (χ0n) is 11.4. The Bertz CT molecular complexity index is 433. The van der Waals surface area contributed by atoms with Gasteiger partial charge in [0.15, 0.2) is 0 Å². The number of rotatable bonds is 5. The van der Waals surface area contributed by atoms with Crippen molar-refractivity contribution in [2.45, 2.75) is 26.7 Å². The van der Waals surface area contributed by atoms with Crippen LogP contribution in [-0.2, 0) is 11.2 Å². The third-order valence-corrected chi connectivity index (χ3v) is 2.89. The van der Waals surface area contributed by atoms with E-state index in [0.29, 0.717) is 13.0 Å². The Morgan fingerprint density at radius 3 is 2.67 bits per heavy atom. The summed E-state index contributed by atoms with van der Waals surface area (Å²) < 4.78 is 0. The Morgan fingerprint density at radius 2 is 2.11 bits per heavy atom. The minimum absolute atomic E-state index is 0.0113. The van der Waals surface area contributed by atoms with Crippen molar-refractivity contribution in [3.8, 4) is 0 Å². The molecule has 0 atom stereocenters. The monoisotopic (exact) mass is 251 g/mol. The van der Waals surface area contributed by atoms with Crippen molar-refractivity contribution in [3.63, 3.8) is 0 Å². The summed E-state index contributed by atoms with van der Waals surface area (Å²) in [5.74, 6) is 1.08. The standard InChI is InChI=1S/C12H21N5O/c1-5-9-8(2)11(16-12(13)15-9)17(4)7-6-10(18)14-3/h5-7H2,1-4H3,(H,14,18)(H2,13,15,16). The highest BCUT2D eigenvalue weighted by Gasteiger charge is 2.13. The van der Waals surface area contributed by atoms with E-state index in [4.69, 9.17) is 5.73 Å². The van der Waals surface area contributed by atoms with Crippen LogP contribution in [0.25, 0.3) is 0 Å². The van der Waals surface area contributed by atoms with E-state index in [-0.39, 0.29) is 11.9 Å². The van der Waals surface area contributed by atoms with Gasteiger partial charge >= 0.3 is 0 Å². The second-order valence-corrected chi connectivity index (χ2v) is 4.18. The first-order valence-corrected chi connectivity index (χ1v) is 6.04. The lowest BCUT2D eigenvalue weighted by atomic mass is 10.2. The first-order chi connectivity index (χ1) is 8.49. The summed E-state index contributed by atoms with van der Waals surface area (Å²) in [7, 11) is 3.53. The van der Waals surface area contributed by atoms with Gasteiger partial charge in [-0.25, -0.2) is 4.98 Å². The molecule has 0 aliphatic rings. The Morgan fingerprint density at radius 1 is 1.44 bits per heavy atom. The molecule has 0 radical (unpaired) electrons. The second-order valence-electron chi connectivity index (χ2n) is 4.18. The lowest BCUT2D eigenvalue weighted by Gasteiger charge is -2.21. The van der Waals surface area contributed by atoms with Crippen LogP contribution in [0.2, 0.25) is 0 Å². The molecule has 18 heavy (non-hydrogen) atoms. The van der Waals surface area contributed by atoms with Gasteiger partial charge in [-0.15, -0.1) is 0 Å². The van der Waals surface area contributed by atoms with Crippen molar-refractivity contribution in [3.05, 3.63) is 11.3 Å². The fourth-order valence-electron chi connectivity index (χ4n) is 1.78. The third kappa shape index (κ3) is 3.32. The lowest BCUT2D eigenvalue weighted by Crippen LogP contribution is -2.28. The van der Waals surface area contributed by atoms with Crippen LogP contribution in [0.3, 0.4) is 0 Å².